The van der Waals surface area contributed by atoms with Crippen LogP contribution in [0.25, 0.3) is 0 Å². The number of benzene rings is 2. The van der Waals surface area contributed by atoms with Crippen molar-refractivity contribution in [2.24, 2.45) is 0 Å². The van der Waals surface area contributed by atoms with E-state index in [0.717, 1.165) is 42.6 Å². The van der Waals surface area contributed by atoms with Crippen LogP contribution in [-0.4, -0.2) is 68.8 Å². The third-order valence-electron chi connectivity index (χ3n) is 7.00. The van der Waals surface area contributed by atoms with Crippen molar-refractivity contribution in [3.8, 4) is 5.75 Å². The third-order valence-corrected chi connectivity index (χ3v) is 7.36. The molecule has 2 aromatic carbocycles. The highest BCUT2D eigenvalue weighted by atomic mass is 35.5. The Labute approximate surface area is 204 Å². The van der Waals surface area contributed by atoms with Crippen molar-refractivity contribution < 1.29 is 35.0 Å². The lowest BCUT2D eigenvalue weighted by atomic mass is 9.85. The van der Waals surface area contributed by atoms with Crippen LogP contribution in [0, 0.1) is 0 Å². The average molecular weight is 493 g/mol. The normalized spacial score (nSPS) is 29.1. The van der Waals surface area contributed by atoms with Gasteiger partial charge in [-0.2, -0.15) is 0 Å². The molecule has 0 unspecified atom stereocenters. The molecule has 1 aliphatic heterocycles. The van der Waals surface area contributed by atoms with Gasteiger partial charge in [-0.15, -0.1) is 0 Å². The Balaban J connectivity index is 1.48. The van der Waals surface area contributed by atoms with Crippen LogP contribution in [0.1, 0.15) is 54.9 Å². The summed E-state index contributed by atoms with van der Waals surface area (Å²) in [6, 6.07) is 12.9. The maximum Gasteiger partial charge on any atom is 0.132 e. The lowest BCUT2D eigenvalue weighted by Crippen LogP contribution is -2.55. The molecule has 0 bridgehead atoms. The summed E-state index contributed by atoms with van der Waals surface area (Å²) >= 11 is 6.44. The first-order valence-electron chi connectivity index (χ1n) is 11.8. The molecule has 1 heterocycles. The lowest BCUT2D eigenvalue weighted by molar-refractivity contribution is -0.231. The first-order chi connectivity index (χ1) is 16.4. The number of aliphatic hydroxyl groups excluding tert-OH is 5. The van der Waals surface area contributed by atoms with Crippen molar-refractivity contribution in [3.05, 3.63) is 64.2 Å². The molecular weight excluding hydrogens is 460 g/mol. The van der Waals surface area contributed by atoms with E-state index >= 15 is 0 Å². The molecule has 1 saturated carbocycles. The molecule has 2 fully saturated rings. The van der Waals surface area contributed by atoms with Crippen molar-refractivity contribution in [1.82, 2.24) is 0 Å². The van der Waals surface area contributed by atoms with E-state index in [1.54, 1.807) is 12.1 Å². The summed E-state index contributed by atoms with van der Waals surface area (Å²) in [7, 11) is 0. The first-order valence-corrected chi connectivity index (χ1v) is 12.2. The number of halogens is 1. The van der Waals surface area contributed by atoms with Crippen LogP contribution in [0.5, 0.6) is 5.75 Å². The zero-order valence-electron chi connectivity index (χ0n) is 19.0. The molecule has 2 aliphatic rings. The Morgan fingerprint density at radius 2 is 1.62 bits per heavy atom. The molecule has 0 aromatic heterocycles. The van der Waals surface area contributed by atoms with Gasteiger partial charge < -0.3 is 35.0 Å². The smallest absolute Gasteiger partial charge is 0.132 e. The van der Waals surface area contributed by atoms with Gasteiger partial charge >= 0.3 is 0 Å². The second-order valence-electron chi connectivity index (χ2n) is 9.42. The van der Waals surface area contributed by atoms with Gasteiger partial charge in [0.15, 0.2) is 0 Å². The number of hydrogen-bond donors (Lipinski definition) is 5. The molecule has 1 aliphatic carbocycles. The monoisotopic (exact) mass is 492 g/mol. The number of hydrogen-bond acceptors (Lipinski definition) is 7. The summed E-state index contributed by atoms with van der Waals surface area (Å²) in [5.41, 5.74) is 1.91. The van der Waals surface area contributed by atoms with Gasteiger partial charge in [-0.05, 0) is 67.0 Å². The van der Waals surface area contributed by atoms with Crippen LogP contribution in [-0.2, 0) is 11.2 Å². The molecule has 0 amide bonds. The summed E-state index contributed by atoms with van der Waals surface area (Å²) in [6.07, 6.45) is -0.545. The molecule has 34 heavy (non-hydrogen) atoms. The quantitative estimate of drug-likeness (QED) is 0.403. The van der Waals surface area contributed by atoms with E-state index in [2.05, 4.69) is 0 Å². The predicted molar refractivity (Wildman–Crippen MR) is 127 cm³/mol. The molecule has 1 saturated heterocycles. The minimum absolute atomic E-state index is 0.00903. The summed E-state index contributed by atoms with van der Waals surface area (Å²) < 4.78 is 11.9. The van der Waals surface area contributed by atoms with Crippen molar-refractivity contribution in [3.63, 3.8) is 0 Å². The number of aliphatic hydroxyl groups is 5. The number of rotatable bonds is 7. The van der Waals surface area contributed by atoms with Crippen molar-refractivity contribution in [1.29, 1.82) is 0 Å². The van der Waals surface area contributed by atoms with Crippen molar-refractivity contribution in [2.45, 2.75) is 74.6 Å². The second-order valence-corrected chi connectivity index (χ2v) is 9.83. The van der Waals surface area contributed by atoms with Gasteiger partial charge in [0.1, 0.15) is 41.9 Å². The van der Waals surface area contributed by atoms with Gasteiger partial charge in [0.05, 0.1) is 13.2 Å². The maximum atomic E-state index is 10.4. The third kappa shape index (κ3) is 5.41. The summed E-state index contributed by atoms with van der Waals surface area (Å²) in [5.74, 6) is 0.723. The van der Waals surface area contributed by atoms with E-state index in [-0.39, 0.29) is 6.61 Å². The van der Waals surface area contributed by atoms with Crippen LogP contribution in [0.2, 0.25) is 5.02 Å². The van der Waals surface area contributed by atoms with E-state index in [0.29, 0.717) is 17.0 Å². The van der Waals surface area contributed by atoms with Gasteiger partial charge in [0.25, 0.3) is 0 Å². The van der Waals surface area contributed by atoms with E-state index in [1.807, 2.05) is 30.3 Å². The fourth-order valence-corrected chi connectivity index (χ4v) is 5.10. The van der Waals surface area contributed by atoms with Crippen LogP contribution in [0.4, 0.5) is 0 Å². The molecule has 8 heteroatoms. The van der Waals surface area contributed by atoms with E-state index in [9.17, 15) is 25.5 Å². The largest absolute Gasteiger partial charge is 0.485 e. The molecule has 186 valence electrons. The molecule has 7 nitrogen and oxygen atoms in total. The highest BCUT2D eigenvalue weighted by Gasteiger charge is 2.44. The number of ether oxygens (including phenoxy) is 2. The SMILES string of the molecule is OC[C@H]1O[C@@H](c2ccc(Cl)c(Cc3ccc(OC4(CO)CCCCC4)cc3)c2)[C@H](O)[C@@H](O)[C@@H]1O. The Hall–Kier alpha value is -1.71. The van der Waals surface area contributed by atoms with E-state index in [1.165, 1.54) is 6.42 Å². The van der Waals surface area contributed by atoms with Gasteiger partial charge in [-0.3, -0.25) is 0 Å². The van der Waals surface area contributed by atoms with Crippen LogP contribution >= 0.6 is 11.6 Å². The maximum absolute atomic E-state index is 10.4. The zero-order chi connectivity index (χ0) is 24.3. The van der Waals surface area contributed by atoms with Gasteiger partial charge in [-0.1, -0.05) is 42.3 Å². The molecule has 0 spiro atoms. The standard InChI is InChI=1S/C26H33ClO7/c27-20-9-6-17(25-24(32)23(31)22(30)21(14-28)33-25)13-18(20)12-16-4-7-19(8-5-16)34-26(15-29)10-2-1-3-11-26/h4-9,13,21-25,28-32H,1-3,10-12,14-15H2/t21-,22-,23+,24-,25+/m1/s1. The van der Waals surface area contributed by atoms with E-state index < -0.39 is 42.7 Å². The second kappa shape index (κ2) is 10.9. The predicted octanol–water partition coefficient (Wildman–Crippen LogP) is 2.52. The highest BCUT2D eigenvalue weighted by Crippen LogP contribution is 2.35. The molecule has 0 radical (unpaired) electrons. The Bertz CT molecular complexity index is 943. The summed E-state index contributed by atoms with van der Waals surface area (Å²) in [6.45, 7) is -0.469. The minimum Gasteiger partial charge on any atom is -0.485 e. The summed E-state index contributed by atoms with van der Waals surface area (Å²) in [5, 5.41) is 50.5. The van der Waals surface area contributed by atoms with Crippen LogP contribution in [0.15, 0.2) is 42.5 Å². The lowest BCUT2D eigenvalue weighted by Gasteiger charge is -2.40. The Kier molecular flexibility index (Phi) is 8.15. The fourth-order valence-electron chi connectivity index (χ4n) is 4.92. The highest BCUT2D eigenvalue weighted by molar-refractivity contribution is 6.31. The summed E-state index contributed by atoms with van der Waals surface area (Å²) in [4.78, 5) is 0. The Morgan fingerprint density at radius 1 is 0.912 bits per heavy atom. The van der Waals surface area contributed by atoms with Crippen LogP contribution < -0.4 is 4.74 Å². The molecule has 5 N–H and O–H groups in total. The molecule has 2 aromatic rings. The molecule has 4 rings (SSSR count). The fraction of sp³-hybridized carbons (Fsp3) is 0.538. The Morgan fingerprint density at radius 3 is 2.26 bits per heavy atom. The van der Waals surface area contributed by atoms with Crippen molar-refractivity contribution >= 4 is 11.6 Å². The first kappa shape index (κ1) is 25.4. The minimum atomic E-state index is -1.44. The van der Waals surface area contributed by atoms with Gasteiger partial charge in [0, 0.05) is 5.02 Å². The topological polar surface area (TPSA) is 120 Å². The van der Waals surface area contributed by atoms with Crippen LogP contribution in [0.3, 0.4) is 0 Å². The van der Waals surface area contributed by atoms with Gasteiger partial charge in [-0.25, -0.2) is 0 Å². The molecule has 5 atom stereocenters. The van der Waals surface area contributed by atoms with Crippen molar-refractivity contribution in [2.75, 3.05) is 13.2 Å². The average Bonchev–Trinajstić information content (AvgIpc) is 2.86. The van der Waals surface area contributed by atoms with E-state index in [4.69, 9.17) is 21.1 Å². The zero-order valence-corrected chi connectivity index (χ0v) is 19.8. The molecular formula is C26H33ClO7. The van der Waals surface area contributed by atoms with Gasteiger partial charge in [0.2, 0.25) is 0 Å².